The van der Waals surface area contributed by atoms with E-state index in [1.165, 1.54) is 0 Å². The summed E-state index contributed by atoms with van der Waals surface area (Å²) in [7, 11) is 0. The molecule has 0 radical (unpaired) electrons. The number of hydrogen-bond donors (Lipinski definition) is 1. The molecule has 1 N–H and O–H groups in total. The van der Waals surface area contributed by atoms with Gasteiger partial charge in [0.25, 0.3) is 11.1 Å². The van der Waals surface area contributed by atoms with E-state index in [4.69, 9.17) is 14.7 Å². The normalized spacial score (nSPS) is 14.4. The van der Waals surface area contributed by atoms with Gasteiger partial charge < -0.3 is 14.8 Å². The quantitative estimate of drug-likeness (QED) is 0.580. The molecule has 2 aromatic carbocycles. The van der Waals surface area contributed by atoms with E-state index in [1.54, 1.807) is 24.3 Å². The largest absolute Gasteiger partial charge is 0.490 e. The van der Waals surface area contributed by atoms with E-state index >= 15 is 0 Å². The first kappa shape index (κ1) is 23.9. The number of rotatable bonds is 8. The molecule has 1 heterocycles. The number of hydrogen-bond acceptors (Lipinski definition) is 7. The summed E-state index contributed by atoms with van der Waals surface area (Å²) in [4.78, 5) is 38.9. The Morgan fingerprint density at radius 2 is 1.88 bits per heavy atom. The van der Waals surface area contributed by atoms with Crippen molar-refractivity contribution >= 4 is 40.6 Å². The number of nitriles is 1. The van der Waals surface area contributed by atoms with Crippen molar-refractivity contribution in [3.8, 4) is 17.6 Å². The SMILES string of the molecule is CCOc1cc(/C=C2\SC(=O)N(CC(=O)Nc3c(C)cccc3C)C2=O)ccc1OCC#N. The van der Waals surface area contributed by atoms with Crippen molar-refractivity contribution < 1.29 is 23.9 Å². The number of nitrogens with zero attached hydrogens (tertiary/aromatic N) is 2. The number of benzene rings is 2. The molecule has 3 amide bonds. The van der Waals surface area contributed by atoms with E-state index in [9.17, 15) is 14.4 Å². The zero-order valence-electron chi connectivity index (χ0n) is 18.5. The van der Waals surface area contributed by atoms with E-state index < -0.39 is 17.1 Å². The molecule has 0 atom stereocenters. The smallest absolute Gasteiger partial charge is 0.294 e. The van der Waals surface area contributed by atoms with Gasteiger partial charge in [-0.2, -0.15) is 5.26 Å². The summed E-state index contributed by atoms with van der Waals surface area (Å²) in [6.45, 7) is 5.45. The molecule has 0 spiro atoms. The second-order valence-corrected chi connectivity index (χ2v) is 8.16. The zero-order chi connectivity index (χ0) is 24.0. The fourth-order valence-electron chi connectivity index (χ4n) is 3.23. The Morgan fingerprint density at radius 3 is 2.55 bits per heavy atom. The third-order valence-corrected chi connectivity index (χ3v) is 5.69. The molecule has 0 saturated carbocycles. The average molecular weight is 466 g/mol. The van der Waals surface area contributed by atoms with Crippen LogP contribution in [0.2, 0.25) is 0 Å². The highest BCUT2D eigenvalue weighted by Crippen LogP contribution is 2.34. The van der Waals surface area contributed by atoms with Crippen molar-refractivity contribution in [1.82, 2.24) is 4.90 Å². The molecule has 3 rings (SSSR count). The zero-order valence-corrected chi connectivity index (χ0v) is 19.3. The van der Waals surface area contributed by atoms with E-state index in [0.717, 1.165) is 27.8 Å². The van der Waals surface area contributed by atoms with Gasteiger partial charge in [0.05, 0.1) is 11.5 Å². The lowest BCUT2D eigenvalue weighted by molar-refractivity contribution is -0.127. The van der Waals surface area contributed by atoms with Crippen molar-refractivity contribution in [2.75, 3.05) is 25.1 Å². The summed E-state index contributed by atoms with van der Waals surface area (Å²) in [5, 5.41) is 11.0. The maximum absolute atomic E-state index is 12.8. The van der Waals surface area contributed by atoms with Gasteiger partial charge >= 0.3 is 0 Å². The molecule has 8 nitrogen and oxygen atoms in total. The first-order valence-corrected chi connectivity index (χ1v) is 11.0. The highest BCUT2D eigenvalue weighted by molar-refractivity contribution is 8.18. The Hall–Kier alpha value is -3.77. The number of thioether (sulfide) groups is 1. The number of anilines is 1. The van der Waals surface area contributed by atoms with Crippen LogP contribution < -0.4 is 14.8 Å². The summed E-state index contributed by atoms with van der Waals surface area (Å²) in [5.74, 6) is -0.154. The van der Waals surface area contributed by atoms with Crippen LogP contribution in [0.4, 0.5) is 10.5 Å². The molecule has 1 saturated heterocycles. The molecular formula is C24H23N3O5S. The molecule has 0 unspecified atom stereocenters. The summed E-state index contributed by atoms with van der Waals surface area (Å²) in [5.41, 5.74) is 3.08. The van der Waals surface area contributed by atoms with Crippen LogP contribution >= 0.6 is 11.8 Å². The first-order valence-electron chi connectivity index (χ1n) is 10.2. The van der Waals surface area contributed by atoms with Crippen molar-refractivity contribution in [2.24, 2.45) is 0 Å². The third-order valence-electron chi connectivity index (χ3n) is 4.78. The van der Waals surface area contributed by atoms with Crippen LogP contribution in [0.3, 0.4) is 0 Å². The Morgan fingerprint density at radius 1 is 1.15 bits per heavy atom. The predicted octanol–water partition coefficient (Wildman–Crippen LogP) is 4.28. The minimum Gasteiger partial charge on any atom is -0.490 e. The number of carbonyl (C=O) groups excluding carboxylic acids is 3. The minimum atomic E-state index is -0.538. The second kappa shape index (κ2) is 10.7. The van der Waals surface area contributed by atoms with Gasteiger partial charge in [-0.15, -0.1) is 0 Å². The fourth-order valence-corrected chi connectivity index (χ4v) is 4.07. The Labute approximate surface area is 196 Å². The molecular weight excluding hydrogens is 442 g/mol. The van der Waals surface area contributed by atoms with E-state index in [1.807, 2.05) is 45.0 Å². The summed E-state index contributed by atoms with van der Waals surface area (Å²) in [6, 6.07) is 12.5. The van der Waals surface area contributed by atoms with Gasteiger partial charge in [-0.1, -0.05) is 24.3 Å². The minimum absolute atomic E-state index is 0.123. The molecule has 170 valence electrons. The average Bonchev–Trinajstić information content (AvgIpc) is 3.03. The first-order chi connectivity index (χ1) is 15.8. The maximum Gasteiger partial charge on any atom is 0.294 e. The number of para-hydroxylation sites is 1. The lowest BCUT2D eigenvalue weighted by atomic mass is 10.1. The Bertz CT molecular complexity index is 1150. The van der Waals surface area contributed by atoms with Crippen molar-refractivity contribution in [2.45, 2.75) is 20.8 Å². The number of nitrogens with one attached hydrogen (secondary N) is 1. The summed E-state index contributed by atoms with van der Waals surface area (Å²) in [6.07, 6.45) is 1.56. The molecule has 33 heavy (non-hydrogen) atoms. The van der Waals surface area contributed by atoms with Crippen LogP contribution in [0.1, 0.15) is 23.6 Å². The van der Waals surface area contributed by atoms with Crippen LogP contribution in [-0.2, 0) is 9.59 Å². The lowest BCUT2D eigenvalue weighted by Crippen LogP contribution is -2.36. The highest BCUT2D eigenvalue weighted by Gasteiger charge is 2.36. The van der Waals surface area contributed by atoms with E-state index in [-0.39, 0.29) is 18.1 Å². The Kier molecular flexibility index (Phi) is 7.74. The van der Waals surface area contributed by atoms with Gasteiger partial charge in [0, 0.05) is 5.69 Å². The van der Waals surface area contributed by atoms with Crippen LogP contribution in [0.25, 0.3) is 6.08 Å². The molecule has 1 aliphatic rings. The molecule has 2 aromatic rings. The van der Waals surface area contributed by atoms with Crippen LogP contribution in [-0.4, -0.2) is 41.7 Å². The highest BCUT2D eigenvalue weighted by atomic mass is 32.2. The van der Waals surface area contributed by atoms with Crippen LogP contribution in [0, 0.1) is 25.2 Å². The number of ether oxygens (including phenoxy) is 2. The predicted molar refractivity (Wildman–Crippen MR) is 126 cm³/mol. The molecule has 0 bridgehead atoms. The van der Waals surface area contributed by atoms with Gasteiger partial charge in [0.15, 0.2) is 18.1 Å². The van der Waals surface area contributed by atoms with Crippen LogP contribution in [0.5, 0.6) is 11.5 Å². The Balaban J connectivity index is 1.75. The summed E-state index contributed by atoms with van der Waals surface area (Å²) >= 11 is 0.772. The van der Waals surface area contributed by atoms with Gasteiger partial charge in [0.2, 0.25) is 5.91 Å². The van der Waals surface area contributed by atoms with Crippen LogP contribution in [0.15, 0.2) is 41.3 Å². The van der Waals surface area contributed by atoms with Crippen molar-refractivity contribution in [3.05, 3.63) is 58.0 Å². The fraction of sp³-hybridized carbons (Fsp3) is 0.250. The van der Waals surface area contributed by atoms with Crippen molar-refractivity contribution in [3.63, 3.8) is 0 Å². The number of aryl methyl sites for hydroxylation is 2. The number of carbonyl (C=O) groups is 3. The van der Waals surface area contributed by atoms with E-state index in [0.29, 0.717) is 29.4 Å². The second-order valence-electron chi connectivity index (χ2n) is 7.17. The van der Waals surface area contributed by atoms with Gasteiger partial charge in [-0.25, -0.2) is 0 Å². The monoisotopic (exact) mass is 465 g/mol. The lowest BCUT2D eigenvalue weighted by Gasteiger charge is -2.15. The topological polar surface area (TPSA) is 109 Å². The number of imide groups is 1. The molecule has 0 aromatic heterocycles. The van der Waals surface area contributed by atoms with Crippen molar-refractivity contribution in [1.29, 1.82) is 5.26 Å². The molecule has 9 heteroatoms. The van der Waals surface area contributed by atoms with Gasteiger partial charge in [-0.3, -0.25) is 19.3 Å². The van der Waals surface area contributed by atoms with Gasteiger partial charge in [0.1, 0.15) is 12.6 Å². The van der Waals surface area contributed by atoms with E-state index in [2.05, 4.69) is 5.32 Å². The molecule has 1 aliphatic heterocycles. The standard InChI is InChI=1S/C24H23N3O5S/c1-4-31-19-12-17(8-9-18(19)32-11-10-25)13-20-23(29)27(24(30)33-20)14-21(28)26-22-15(2)6-5-7-16(22)3/h5-9,12-13H,4,11,14H2,1-3H3,(H,26,28)/b20-13-. The third kappa shape index (κ3) is 5.73. The number of amides is 3. The molecule has 1 fully saturated rings. The summed E-state index contributed by atoms with van der Waals surface area (Å²) < 4.78 is 10.9. The molecule has 0 aliphatic carbocycles. The maximum atomic E-state index is 12.8. The van der Waals surface area contributed by atoms with Gasteiger partial charge in [-0.05, 0) is 67.4 Å².